The summed E-state index contributed by atoms with van der Waals surface area (Å²) in [6, 6.07) is 13.8. The first-order chi connectivity index (χ1) is 10.3. The van der Waals surface area contributed by atoms with E-state index >= 15 is 0 Å². The van der Waals surface area contributed by atoms with Crippen molar-refractivity contribution in [2.45, 2.75) is 6.42 Å². The summed E-state index contributed by atoms with van der Waals surface area (Å²) in [5.41, 5.74) is 9.73. The fraction of sp³-hybridized carbons (Fsp3) is 0.125. The van der Waals surface area contributed by atoms with Gasteiger partial charge < -0.3 is 15.6 Å². The molecule has 0 aliphatic heterocycles. The Labute approximate surface area is 122 Å². The van der Waals surface area contributed by atoms with Crippen molar-refractivity contribution >= 4 is 11.5 Å². The Bertz CT molecular complexity index is 734. The number of hydrogen-bond donors (Lipinski definition) is 2. The molecule has 5 heteroatoms. The minimum atomic E-state index is 0.443. The van der Waals surface area contributed by atoms with Gasteiger partial charge in [0.25, 0.3) is 0 Å². The number of nitrogens with zero attached hydrogens (tertiary/aromatic N) is 2. The third kappa shape index (κ3) is 2.86. The van der Waals surface area contributed by atoms with E-state index in [0.29, 0.717) is 18.0 Å². The number of hydrogen-bond acceptors (Lipinski definition) is 5. The van der Waals surface area contributed by atoms with Crippen LogP contribution in [0.5, 0.6) is 0 Å². The Hall–Kier alpha value is -2.82. The number of aromatic nitrogens is 2. The molecular weight excluding hydrogens is 264 g/mol. The molecule has 3 aromatic rings. The molecule has 2 heterocycles. The van der Waals surface area contributed by atoms with Gasteiger partial charge in [-0.3, -0.25) is 0 Å². The van der Waals surface area contributed by atoms with Crippen LogP contribution in [-0.4, -0.2) is 17.2 Å². The molecule has 5 nitrogen and oxygen atoms in total. The van der Waals surface area contributed by atoms with E-state index in [4.69, 9.17) is 10.3 Å². The van der Waals surface area contributed by atoms with Crippen LogP contribution in [0.25, 0.3) is 11.3 Å². The van der Waals surface area contributed by atoms with Crippen LogP contribution in [0.1, 0.15) is 11.3 Å². The fourth-order valence-electron chi connectivity index (χ4n) is 2.15. The molecule has 2 aromatic heterocycles. The van der Waals surface area contributed by atoms with E-state index in [-0.39, 0.29) is 0 Å². The summed E-state index contributed by atoms with van der Waals surface area (Å²) in [5.74, 6) is 1.08. The summed E-state index contributed by atoms with van der Waals surface area (Å²) in [7, 11) is 1.90. The normalized spacial score (nSPS) is 10.5. The Morgan fingerprint density at radius 1 is 1.19 bits per heavy atom. The zero-order chi connectivity index (χ0) is 14.7. The van der Waals surface area contributed by atoms with Gasteiger partial charge in [-0.05, 0) is 29.8 Å². The molecule has 0 aliphatic carbocycles. The molecule has 0 saturated carbocycles. The van der Waals surface area contributed by atoms with E-state index in [2.05, 4.69) is 27.6 Å². The van der Waals surface area contributed by atoms with Crippen LogP contribution >= 0.6 is 0 Å². The molecule has 0 amide bonds. The first kappa shape index (κ1) is 13.2. The van der Waals surface area contributed by atoms with Crippen molar-refractivity contribution in [3.63, 3.8) is 0 Å². The van der Waals surface area contributed by atoms with E-state index < -0.39 is 0 Å². The molecule has 1 aromatic carbocycles. The third-order valence-corrected chi connectivity index (χ3v) is 3.29. The molecule has 21 heavy (non-hydrogen) atoms. The van der Waals surface area contributed by atoms with Gasteiger partial charge in [-0.1, -0.05) is 17.3 Å². The SMILES string of the molecule is CNc1ccc(Cc2cc(-c3cccnc3N)on2)cc1. The predicted molar refractivity (Wildman–Crippen MR) is 82.9 cm³/mol. The fourth-order valence-corrected chi connectivity index (χ4v) is 2.15. The summed E-state index contributed by atoms with van der Waals surface area (Å²) in [6.07, 6.45) is 2.37. The molecule has 3 rings (SSSR count). The molecule has 3 N–H and O–H groups in total. The van der Waals surface area contributed by atoms with Crippen LogP contribution in [-0.2, 0) is 6.42 Å². The van der Waals surface area contributed by atoms with Gasteiger partial charge in [-0.25, -0.2) is 4.98 Å². The smallest absolute Gasteiger partial charge is 0.170 e. The lowest BCUT2D eigenvalue weighted by Gasteiger charge is -2.01. The molecule has 0 fully saturated rings. The Balaban J connectivity index is 1.80. The first-order valence-electron chi connectivity index (χ1n) is 6.69. The van der Waals surface area contributed by atoms with Gasteiger partial charge in [0.05, 0.1) is 11.3 Å². The van der Waals surface area contributed by atoms with Crippen LogP contribution in [0.4, 0.5) is 11.5 Å². The molecule has 0 aliphatic rings. The number of benzene rings is 1. The van der Waals surface area contributed by atoms with Crippen molar-refractivity contribution in [1.82, 2.24) is 10.1 Å². The largest absolute Gasteiger partial charge is 0.388 e. The van der Waals surface area contributed by atoms with Crippen molar-refractivity contribution in [3.05, 3.63) is 59.9 Å². The van der Waals surface area contributed by atoms with Gasteiger partial charge in [0.2, 0.25) is 0 Å². The summed E-state index contributed by atoms with van der Waals surface area (Å²) in [4.78, 5) is 4.05. The molecule has 0 radical (unpaired) electrons. The Morgan fingerprint density at radius 3 is 2.71 bits per heavy atom. The van der Waals surface area contributed by atoms with Crippen LogP contribution in [0, 0.1) is 0 Å². The van der Waals surface area contributed by atoms with Crippen molar-refractivity contribution in [1.29, 1.82) is 0 Å². The van der Waals surface area contributed by atoms with E-state index in [1.54, 1.807) is 6.20 Å². The van der Waals surface area contributed by atoms with Crippen molar-refractivity contribution in [3.8, 4) is 11.3 Å². The second-order valence-electron chi connectivity index (χ2n) is 4.74. The Kier molecular flexibility index (Phi) is 3.55. The van der Waals surface area contributed by atoms with Gasteiger partial charge in [0, 0.05) is 31.4 Å². The van der Waals surface area contributed by atoms with Gasteiger partial charge in [0.1, 0.15) is 5.82 Å². The monoisotopic (exact) mass is 280 g/mol. The van der Waals surface area contributed by atoms with Gasteiger partial charge in [-0.15, -0.1) is 0 Å². The molecule has 0 bridgehead atoms. The minimum Gasteiger partial charge on any atom is -0.388 e. The number of pyridine rings is 1. The van der Waals surface area contributed by atoms with Gasteiger partial charge in [0.15, 0.2) is 5.76 Å². The molecule has 0 saturated heterocycles. The molecule has 0 atom stereocenters. The standard InChI is InChI=1S/C16H16N4O/c1-18-12-6-4-11(5-7-12)9-13-10-15(21-20-13)14-3-2-8-19-16(14)17/h2-8,10,18H,9H2,1H3,(H2,17,19). The zero-order valence-electron chi connectivity index (χ0n) is 11.7. The van der Waals surface area contributed by atoms with Crippen LogP contribution in [0.15, 0.2) is 53.2 Å². The highest BCUT2D eigenvalue weighted by Crippen LogP contribution is 2.25. The lowest BCUT2D eigenvalue weighted by molar-refractivity contribution is 0.425. The maximum atomic E-state index is 5.84. The Morgan fingerprint density at radius 2 is 2.00 bits per heavy atom. The average Bonchev–Trinajstić information content (AvgIpc) is 2.97. The van der Waals surface area contributed by atoms with Gasteiger partial charge in [-0.2, -0.15) is 0 Å². The summed E-state index contributed by atoms with van der Waals surface area (Å²) in [5, 5.41) is 7.19. The number of anilines is 2. The summed E-state index contributed by atoms with van der Waals surface area (Å²) >= 11 is 0. The van der Waals surface area contributed by atoms with Crippen molar-refractivity contribution < 1.29 is 4.52 Å². The predicted octanol–water partition coefficient (Wildman–Crippen LogP) is 2.95. The number of nitrogen functional groups attached to an aromatic ring is 1. The van der Waals surface area contributed by atoms with E-state index in [1.165, 1.54) is 5.56 Å². The van der Waals surface area contributed by atoms with Crippen LogP contribution in [0.2, 0.25) is 0 Å². The number of rotatable bonds is 4. The lowest BCUT2D eigenvalue weighted by Crippen LogP contribution is -1.92. The quantitative estimate of drug-likeness (QED) is 0.768. The molecule has 0 spiro atoms. The second-order valence-corrected chi connectivity index (χ2v) is 4.74. The second kappa shape index (κ2) is 5.66. The third-order valence-electron chi connectivity index (χ3n) is 3.29. The maximum Gasteiger partial charge on any atom is 0.170 e. The molecule has 106 valence electrons. The zero-order valence-corrected chi connectivity index (χ0v) is 11.7. The van der Waals surface area contributed by atoms with Crippen LogP contribution < -0.4 is 11.1 Å². The highest BCUT2D eigenvalue weighted by Gasteiger charge is 2.10. The highest BCUT2D eigenvalue weighted by molar-refractivity contribution is 5.69. The van der Waals surface area contributed by atoms with Gasteiger partial charge >= 0.3 is 0 Å². The lowest BCUT2D eigenvalue weighted by atomic mass is 10.1. The van der Waals surface area contributed by atoms with E-state index in [0.717, 1.165) is 16.9 Å². The van der Waals surface area contributed by atoms with Crippen LogP contribution in [0.3, 0.4) is 0 Å². The highest BCUT2D eigenvalue weighted by atomic mass is 16.5. The number of nitrogens with one attached hydrogen (secondary N) is 1. The summed E-state index contributed by atoms with van der Waals surface area (Å²) in [6.45, 7) is 0. The first-order valence-corrected chi connectivity index (χ1v) is 6.69. The minimum absolute atomic E-state index is 0.443. The topological polar surface area (TPSA) is 77.0 Å². The molecule has 0 unspecified atom stereocenters. The summed E-state index contributed by atoms with van der Waals surface area (Å²) < 4.78 is 5.37. The van der Waals surface area contributed by atoms with E-state index in [1.807, 2.05) is 37.4 Å². The number of nitrogens with two attached hydrogens (primary N) is 1. The van der Waals surface area contributed by atoms with Crippen molar-refractivity contribution in [2.75, 3.05) is 18.1 Å². The van der Waals surface area contributed by atoms with E-state index in [9.17, 15) is 0 Å². The van der Waals surface area contributed by atoms with Crippen molar-refractivity contribution in [2.24, 2.45) is 0 Å². The average molecular weight is 280 g/mol. The molecular formula is C16H16N4O. The maximum absolute atomic E-state index is 5.84.